The molecule has 3 heteroatoms. The fourth-order valence-electron chi connectivity index (χ4n) is 2.72. The minimum atomic E-state index is 0.804. The topological polar surface area (TPSA) is 24.5 Å². The van der Waals surface area contributed by atoms with E-state index in [2.05, 4.69) is 59.6 Å². The molecule has 3 rings (SSSR count). The van der Waals surface area contributed by atoms with Crippen LogP contribution in [-0.4, -0.2) is 26.2 Å². The molecule has 0 atom stereocenters. The highest BCUT2D eigenvalue weighted by molar-refractivity contribution is 5.59. The van der Waals surface area contributed by atoms with Gasteiger partial charge in [-0.25, -0.2) is 0 Å². The van der Waals surface area contributed by atoms with Gasteiger partial charge >= 0.3 is 0 Å². The van der Waals surface area contributed by atoms with Gasteiger partial charge in [0, 0.05) is 25.3 Å². The Labute approximate surface area is 126 Å². The average Bonchev–Trinajstić information content (AvgIpc) is 2.70. The molecule has 110 valence electrons. The van der Waals surface area contributed by atoms with Crippen LogP contribution in [0.15, 0.2) is 48.5 Å². The zero-order valence-corrected chi connectivity index (χ0v) is 12.5. The first-order valence-corrected chi connectivity index (χ1v) is 7.60. The molecule has 0 saturated carbocycles. The minimum Gasteiger partial charge on any atom is -0.491 e. The lowest BCUT2D eigenvalue weighted by Crippen LogP contribution is -2.29. The number of anilines is 2. The predicted octanol–water partition coefficient (Wildman–Crippen LogP) is 3.70. The van der Waals surface area contributed by atoms with E-state index in [0.717, 1.165) is 38.4 Å². The van der Waals surface area contributed by atoms with Crippen molar-refractivity contribution in [3.8, 4) is 5.75 Å². The summed E-state index contributed by atoms with van der Waals surface area (Å²) < 4.78 is 5.80. The number of aryl methyl sites for hydroxylation is 1. The van der Waals surface area contributed by atoms with Gasteiger partial charge < -0.3 is 15.0 Å². The first kappa shape index (κ1) is 13.8. The van der Waals surface area contributed by atoms with Crippen molar-refractivity contribution in [2.24, 2.45) is 0 Å². The van der Waals surface area contributed by atoms with Crippen LogP contribution in [0.5, 0.6) is 5.75 Å². The van der Waals surface area contributed by atoms with E-state index in [0.29, 0.717) is 0 Å². The van der Waals surface area contributed by atoms with Crippen molar-refractivity contribution in [3.63, 3.8) is 0 Å². The number of nitrogens with one attached hydrogen (secondary N) is 1. The molecule has 0 fully saturated rings. The van der Waals surface area contributed by atoms with Gasteiger partial charge in [-0.15, -0.1) is 0 Å². The van der Waals surface area contributed by atoms with Gasteiger partial charge in [0.05, 0.1) is 12.3 Å². The molecule has 1 N–H and O–H groups in total. The number of nitrogens with zero attached hydrogens (tertiary/aromatic N) is 1. The highest BCUT2D eigenvalue weighted by atomic mass is 16.5. The molecule has 0 aromatic heterocycles. The Bertz CT molecular complexity index is 597. The van der Waals surface area contributed by atoms with Crippen LogP contribution in [0, 0.1) is 6.92 Å². The molecule has 3 nitrogen and oxygen atoms in total. The quantitative estimate of drug-likeness (QED) is 0.925. The second-order valence-corrected chi connectivity index (χ2v) is 5.45. The maximum absolute atomic E-state index is 5.80. The normalized spacial score (nSPS) is 14.0. The van der Waals surface area contributed by atoms with Crippen LogP contribution in [0.25, 0.3) is 0 Å². The fourth-order valence-corrected chi connectivity index (χ4v) is 2.72. The van der Waals surface area contributed by atoms with Gasteiger partial charge in [-0.3, -0.25) is 0 Å². The molecule has 0 saturated heterocycles. The Hall–Kier alpha value is -2.16. The van der Waals surface area contributed by atoms with Crippen molar-refractivity contribution in [3.05, 3.63) is 54.1 Å². The van der Waals surface area contributed by atoms with Crippen LogP contribution in [0.4, 0.5) is 11.4 Å². The predicted molar refractivity (Wildman–Crippen MR) is 88.4 cm³/mol. The molecule has 2 aromatic carbocycles. The number of hydrogen-bond acceptors (Lipinski definition) is 3. The summed E-state index contributed by atoms with van der Waals surface area (Å²) in [4.78, 5) is 2.41. The Balaban J connectivity index is 1.62. The van der Waals surface area contributed by atoms with Crippen molar-refractivity contribution < 1.29 is 4.74 Å². The van der Waals surface area contributed by atoms with Crippen LogP contribution in [-0.2, 0) is 0 Å². The van der Waals surface area contributed by atoms with Crippen molar-refractivity contribution in [2.45, 2.75) is 13.3 Å². The van der Waals surface area contributed by atoms with Crippen molar-refractivity contribution in [2.75, 3.05) is 36.5 Å². The van der Waals surface area contributed by atoms with Crippen LogP contribution < -0.4 is 15.0 Å². The summed E-state index contributed by atoms with van der Waals surface area (Å²) in [7, 11) is 0. The van der Waals surface area contributed by atoms with Gasteiger partial charge in [0.1, 0.15) is 5.75 Å². The van der Waals surface area contributed by atoms with E-state index < -0.39 is 0 Å². The lowest BCUT2D eigenvalue weighted by molar-refractivity contribution is 0.322. The molecular formula is C18H22N2O. The molecule has 0 unspecified atom stereocenters. The Morgan fingerprint density at radius 1 is 1.14 bits per heavy atom. The second kappa shape index (κ2) is 6.53. The fraction of sp³-hybridized carbons (Fsp3) is 0.333. The largest absolute Gasteiger partial charge is 0.491 e. The molecule has 1 aliphatic rings. The number of ether oxygens (including phenoxy) is 1. The first-order valence-electron chi connectivity index (χ1n) is 7.60. The van der Waals surface area contributed by atoms with E-state index in [-0.39, 0.29) is 0 Å². The molecule has 0 aliphatic carbocycles. The highest BCUT2D eigenvalue weighted by Gasteiger charge is 2.15. The number of benzene rings is 2. The Morgan fingerprint density at radius 2 is 2.05 bits per heavy atom. The molecule has 2 aromatic rings. The summed E-state index contributed by atoms with van der Waals surface area (Å²) in [5.41, 5.74) is 3.68. The SMILES string of the molecule is Cc1cccc(NCCN2CCCOc3ccccc32)c1. The zero-order chi connectivity index (χ0) is 14.5. The summed E-state index contributed by atoms with van der Waals surface area (Å²) in [5.74, 6) is 1.01. The summed E-state index contributed by atoms with van der Waals surface area (Å²) in [6.07, 6.45) is 1.07. The third kappa shape index (κ3) is 3.48. The van der Waals surface area contributed by atoms with Crippen LogP contribution in [0.1, 0.15) is 12.0 Å². The highest BCUT2D eigenvalue weighted by Crippen LogP contribution is 2.30. The average molecular weight is 282 g/mol. The van der Waals surface area contributed by atoms with Crippen molar-refractivity contribution in [1.29, 1.82) is 0 Å². The smallest absolute Gasteiger partial charge is 0.142 e. The van der Waals surface area contributed by atoms with Crippen LogP contribution in [0.2, 0.25) is 0 Å². The minimum absolute atomic E-state index is 0.804. The molecule has 0 amide bonds. The summed E-state index contributed by atoms with van der Waals surface area (Å²) in [5, 5.41) is 3.50. The van der Waals surface area contributed by atoms with E-state index in [1.54, 1.807) is 0 Å². The molecule has 0 bridgehead atoms. The van der Waals surface area contributed by atoms with Gasteiger partial charge in [-0.05, 0) is 43.2 Å². The number of rotatable bonds is 4. The maximum atomic E-state index is 5.80. The molecule has 1 aliphatic heterocycles. The van der Waals surface area contributed by atoms with E-state index >= 15 is 0 Å². The Morgan fingerprint density at radius 3 is 2.95 bits per heavy atom. The molecule has 21 heavy (non-hydrogen) atoms. The molecule has 0 radical (unpaired) electrons. The number of para-hydroxylation sites is 2. The van der Waals surface area contributed by atoms with Crippen molar-refractivity contribution >= 4 is 11.4 Å². The summed E-state index contributed by atoms with van der Waals surface area (Å²) >= 11 is 0. The summed E-state index contributed by atoms with van der Waals surface area (Å²) in [6, 6.07) is 16.8. The van der Waals surface area contributed by atoms with E-state index in [4.69, 9.17) is 4.74 Å². The zero-order valence-electron chi connectivity index (χ0n) is 12.5. The third-order valence-corrected chi connectivity index (χ3v) is 3.76. The van der Waals surface area contributed by atoms with E-state index in [1.807, 2.05) is 6.07 Å². The standard InChI is InChI=1S/C18H22N2O/c1-15-6-4-7-16(14-15)19-10-12-20-11-5-13-21-18-9-3-2-8-17(18)20/h2-4,6-9,14,19H,5,10-13H2,1H3. The monoisotopic (exact) mass is 282 g/mol. The number of fused-ring (bicyclic) bond motifs is 1. The molecule has 1 heterocycles. The van der Waals surface area contributed by atoms with E-state index in [9.17, 15) is 0 Å². The van der Waals surface area contributed by atoms with Gasteiger partial charge in [-0.2, -0.15) is 0 Å². The van der Waals surface area contributed by atoms with Gasteiger partial charge in [0.25, 0.3) is 0 Å². The van der Waals surface area contributed by atoms with Gasteiger partial charge in [-0.1, -0.05) is 24.3 Å². The van der Waals surface area contributed by atoms with Crippen LogP contribution in [0.3, 0.4) is 0 Å². The van der Waals surface area contributed by atoms with Crippen LogP contribution >= 0.6 is 0 Å². The Kier molecular flexibility index (Phi) is 4.29. The van der Waals surface area contributed by atoms with Crippen molar-refractivity contribution in [1.82, 2.24) is 0 Å². The van der Waals surface area contributed by atoms with Gasteiger partial charge in [0.2, 0.25) is 0 Å². The number of hydrogen-bond donors (Lipinski definition) is 1. The maximum Gasteiger partial charge on any atom is 0.142 e. The first-order chi connectivity index (χ1) is 10.3. The van der Waals surface area contributed by atoms with E-state index in [1.165, 1.54) is 16.9 Å². The molecule has 0 spiro atoms. The second-order valence-electron chi connectivity index (χ2n) is 5.45. The lowest BCUT2D eigenvalue weighted by Gasteiger charge is -2.24. The third-order valence-electron chi connectivity index (χ3n) is 3.76. The van der Waals surface area contributed by atoms with Gasteiger partial charge in [0.15, 0.2) is 0 Å². The molecular weight excluding hydrogens is 260 g/mol. The lowest BCUT2D eigenvalue weighted by atomic mass is 10.2. The summed E-state index contributed by atoms with van der Waals surface area (Å²) in [6.45, 7) is 5.88.